The molecule has 1 unspecified atom stereocenters. The molecular weight excluding hydrogens is 239 g/mol. The molecule has 0 aliphatic heterocycles. The van der Waals surface area contributed by atoms with Gasteiger partial charge in [-0.25, -0.2) is 9.18 Å². The van der Waals surface area contributed by atoms with E-state index in [2.05, 4.69) is 10.6 Å². The Balaban J connectivity index is 2.32. The Morgan fingerprint density at radius 2 is 2.17 bits per heavy atom. The van der Waals surface area contributed by atoms with Gasteiger partial charge in [-0.1, -0.05) is 13.0 Å². The summed E-state index contributed by atoms with van der Waals surface area (Å²) in [7, 11) is 0. The first-order chi connectivity index (χ1) is 8.49. The first-order valence-corrected chi connectivity index (χ1v) is 5.52. The highest BCUT2D eigenvalue weighted by molar-refractivity contribution is 5.89. The second-order valence-corrected chi connectivity index (χ2v) is 3.92. The summed E-state index contributed by atoms with van der Waals surface area (Å²) in [4.78, 5) is 21.9. The number of halogens is 1. The second kappa shape index (κ2) is 6.58. The molecule has 1 atom stereocenters. The molecule has 0 aliphatic carbocycles. The van der Waals surface area contributed by atoms with Gasteiger partial charge in [-0.2, -0.15) is 0 Å². The molecule has 0 bridgehead atoms. The van der Waals surface area contributed by atoms with Gasteiger partial charge in [-0.15, -0.1) is 0 Å². The first-order valence-electron chi connectivity index (χ1n) is 5.52. The molecule has 0 aromatic heterocycles. The normalized spacial score (nSPS) is 11.7. The van der Waals surface area contributed by atoms with Gasteiger partial charge >= 0.3 is 12.0 Å². The van der Waals surface area contributed by atoms with Crippen LogP contribution in [0.5, 0.6) is 0 Å². The summed E-state index contributed by atoms with van der Waals surface area (Å²) in [5.41, 5.74) is 0.346. The van der Waals surface area contributed by atoms with E-state index in [-0.39, 0.29) is 6.54 Å². The Bertz CT molecular complexity index is 437. The van der Waals surface area contributed by atoms with Crippen LogP contribution in [0.25, 0.3) is 0 Å². The van der Waals surface area contributed by atoms with Gasteiger partial charge in [0.05, 0.1) is 5.92 Å². The lowest BCUT2D eigenvalue weighted by Crippen LogP contribution is -2.31. The fourth-order valence-corrected chi connectivity index (χ4v) is 1.27. The van der Waals surface area contributed by atoms with Crippen LogP contribution in [-0.4, -0.2) is 23.7 Å². The van der Waals surface area contributed by atoms with Crippen molar-refractivity contribution in [3.05, 3.63) is 30.1 Å². The Morgan fingerprint density at radius 3 is 2.78 bits per heavy atom. The molecule has 0 saturated heterocycles. The van der Waals surface area contributed by atoms with Gasteiger partial charge in [0.2, 0.25) is 0 Å². The van der Waals surface area contributed by atoms with Crippen LogP contribution in [0.2, 0.25) is 0 Å². The average molecular weight is 254 g/mol. The van der Waals surface area contributed by atoms with Crippen molar-refractivity contribution in [1.82, 2.24) is 5.32 Å². The van der Waals surface area contributed by atoms with Crippen LogP contribution in [0.1, 0.15) is 13.3 Å². The average Bonchev–Trinajstić information content (AvgIpc) is 2.28. The van der Waals surface area contributed by atoms with E-state index in [9.17, 15) is 14.0 Å². The number of urea groups is 1. The Hall–Kier alpha value is -2.11. The highest BCUT2D eigenvalue weighted by atomic mass is 19.1. The maximum absolute atomic E-state index is 12.8. The molecule has 0 radical (unpaired) electrons. The molecule has 3 N–H and O–H groups in total. The molecule has 5 nitrogen and oxygen atoms in total. The zero-order valence-electron chi connectivity index (χ0n) is 9.94. The number of carbonyl (C=O) groups excluding carboxylic acids is 1. The first kappa shape index (κ1) is 14.0. The van der Waals surface area contributed by atoms with Gasteiger partial charge in [0, 0.05) is 12.2 Å². The number of amides is 2. The molecule has 2 amide bonds. The van der Waals surface area contributed by atoms with Crippen LogP contribution in [-0.2, 0) is 4.79 Å². The zero-order chi connectivity index (χ0) is 13.5. The van der Waals surface area contributed by atoms with E-state index >= 15 is 0 Å². The summed E-state index contributed by atoms with van der Waals surface area (Å²) >= 11 is 0. The molecule has 1 aromatic rings. The number of benzene rings is 1. The third-order valence-electron chi connectivity index (χ3n) is 2.37. The van der Waals surface area contributed by atoms with Crippen LogP contribution in [0, 0.1) is 11.7 Å². The van der Waals surface area contributed by atoms with Crippen molar-refractivity contribution in [1.29, 1.82) is 0 Å². The van der Waals surface area contributed by atoms with Crippen LogP contribution < -0.4 is 10.6 Å². The molecule has 6 heteroatoms. The van der Waals surface area contributed by atoms with Crippen molar-refractivity contribution in [3.63, 3.8) is 0 Å². The summed E-state index contributed by atoms with van der Waals surface area (Å²) < 4.78 is 12.8. The minimum absolute atomic E-state index is 0.245. The number of hydrogen-bond donors (Lipinski definition) is 3. The van der Waals surface area contributed by atoms with E-state index in [4.69, 9.17) is 5.11 Å². The van der Waals surface area contributed by atoms with E-state index in [1.165, 1.54) is 18.2 Å². The van der Waals surface area contributed by atoms with Gasteiger partial charge in [-0.05, 0) is 24.6 Å². The van der Waals surface area contributed by atoms with E-state index in [1.54, 1.807) is 13.0 Å². The molecule has 0 heterocycles. The molecule has 1 aromatic carbocycles. The summed E-state index contributed by atoms with van der Waals surface area (Å²) in [6.45, 7) is 1.81. The predicted octanol–water partition coefficient (Wildman–Crippen LogP) is 2.06. The lowest BCUT2D eigenvalue weighted by molar-refractivity contribution is -0.141. The topological polar surface area (TPSA) is 78.4 Å². The van der Waals surface area contributed by atoms with Gasteiger partial charge in [0.1, 0.15) is 5.82 Å². The maximum Gasteiger partial charge on any atom is 0.319 e. The second-order valence-electron chi connectivity index (χ2n) is 3.92. The van der Waals surface area contributed by atoms with E-state index in [0.29, 0.717) is 12.1 Å². The molecule has 98 valence electrons. The van der Waals surface area contributed by atoms with E-state index in [0.717, 1.165) is 0 Å². The Labute approximate surface area is 104 Å². The van der Waals surface area contributed by atoms with E-state index < -0.39 is 23.7 Å². The fraction of sp³-hybridized carbons (Fsp3) is 0.333. The monoisotopic (exact) mass is 254 g/mol. The highest BCUT2D eigenvalue weighted by Gasteiger charge is 2.10. The SMILES string of the molecule is CC(CCNC(=O)Nc1cccc(F)c1)C(=O)O. The summed E-state index contributed by atoms with van der Waals surface area (Å²) in [5, 5.41) is 13.6. The minimum Gasteiger partial charge on any atom is -0.481 e. The third-order valence-corrected chi connectivity index (χ3v) is 2.37. The van der Waals surface area contributed by atoms with Crippen molar-refractivity contribution in [3.8, 4) is 0 Å². The van der Waals surface area contributed by atoms with Crippen molar-refractivity contribution in [2.24, 2.45) is 5.92 Å². The number of aliphatic carboxylic acids is 1. The van der Waals surface area contributed by atoms with Gasteiger partial charge in [0.25, 0.3) is 0 Å². The van der Waals surface area contributed by atoms with Crippen molar-refractivity contribution < 1.29 is 19.1 Å². The lowest BCUT2D eigenvalue weighted by Gasteiger charge is -2.09. The molecular formula is C12H15FN2O3. The standard InChI is InChI=1S/C12H15FN2O3/c1-8(11(16)17)5-6-14-12(18)15-10-4-2-3-9(13)7-10/h2-4,7-8H,5-6H2,1H3,(H,16,17)(H2,14,15,18). The van der Waals surface area contributed by atoms with Gasteiger partial charge in [-0.3, -0.25) is 4.79 Å². The maximum atomic E-state index is 12.8. The lowest BCUT2D eigenvalue weighted by atomic mass is 10.1. The molecule has 0 spiro atoms. The summed E-state index contributed by atoms with van der Waals surface area (Å²) in [6.07, 6.45) is 0.339. The summed E-state index contributed by atoms with van der Waals surface area (Å²) in [6, 6.07) is 5.02. The van der Waals surface area contributed by atoms with Crippen LogP contribution in [0.15, 0.2) is 24.3 Å². The molecule has 0 fully saturated rings. The number of hydrogen-bond acceptors (Lipinski definition) is 2. The Morgan fingerprint density at radius 1 is 1.44 bits per heavy atom. The minimum atomic E-state index is -0.901. The van der Waals surface area contributed by atoms with Gasteiger partial charge < -0.3 is 15.7 Å². The third kappa shape index (κ3) is 4.82. The molecule has 18 heavy (non-hydrogen) atoms. The number of carboxylic acids is 1. The highest BCUT2D eigenvalue weighted by Crippen LogP contribution is 2.08. The van der Waals surface area contributed by atoms with E-state index in [1.807, 2.05) is 0 Å². The van der Waals surface area contributed by atoms with Crippen LogP contribution in [0.4, 0.5) is 14.9 Å². The number of nitrogens with one attached hydrogen (secondary N) is 2. The number of carbonyl (C=O) groups is 2. The van der Waals surface area contributed by atoms with Gasteiger partial charge in [0.15, 0.2) is 0 Å². The quantitative estimate of drug-likeness (QED) is 0.752. The number of carboxylic acid groups (broad SMARTS) is 1. The summed E-state index contributed by atoms with van der Waals surface area (Å²) in [5.74, 6) is -1.85. The van der Waals surface area contributed by atoms with Crippen LogP contribution >= 0.6 is 0 Å². The van der Waals surface area contributed by atoms with Crippen molar-refractivity contribution >= 4 is 17.7 Å². The van der Waals surface area contributed by atoms with Crippen LogP contribution in [0.3, 0.4) is 0 Å². The van der Waals surface area contributed by atoms with Crippen molar-refractivity contribution in [2.45, 2.75) is 13.3 Å². The van der Waals surface area contributed by atoms with Crippen molar-refractivity contribution in [2.75, 3.05) is 11.9 Å². The largest absolute Gasteiger partial charge is 0.481 e. The smallest absolute Gasteiger partial charge is 0.319 e. The predicted molar refractivity (Wildman–Crippen MR) is 64.8 cm³/mol. The molecule has 0 saturated carbocycles. The zero-order valence-corrected chi connectivity index (χ0v) is 9.94. The number of anilines is 1. The number of rotatable bonds is 5. The Kier molecular flexibility index (Phi) is 5.10. The molecule has 1 rings (SSSR count). The molecule has 0 aliphatic rings. The fourth-order valence-electron chi connectivity index (χ4n) is 1.27.